The minimum atomic E-state index is -1.03. The fraction of sp³-hybridized carbons (Fsp3) is 0.467. The number of benzene rings is 1. The van der Waals surface area contributed by atoms with E-state index in [2.05, 4.69) is 5.32 Å². The summed E-state index contributed by atoms with van der Waals surface area (Å²) >= 11 is 0. The van der Waals surface area contributed by atoms with E-state index in [9.17, 15) is 14.7 Å². The Bertz CT molecular complexity index is 545. The van der Waals surface area contributed by atoms with E-state index in [-0.39, 0.29) is 5.91 Å². The van der Waals surface area contributed by atoms with Crippen LogP contribution < -0.4 is 10.1 Å². The van der Waals surface area contributed by atoms with Gasteiger partial charge in [-0.05, 0) is 29.2 Å². The Balaban J connectivity index is 2.17. The number of hydrogen-bond donors (Lipinski definition) is 2. The molecule has 0 bridgehead atoms. The van der Waals surface area contributed by atoms with E-state index in [0.29, 0.717) is 12.2 Å². The van der Waals surface area contributed by atoms with Crippen molar-refractivity contribution < 1.29 is 19.4 Å². The highest BCUT2D eigenvalue weighted by Gasteiger charge is 2.33. The number of carboxylic acids is 1. The van der Waals surface area contributed by atoms with Gasteiger partial charge in [0.05, 0.1) is 6.61 Å². The molecular weight excluding hydrogens is 258 g/mol. The molecule has 1 amide bonds. The maximum atomic E-state index is 12.2. The minimum absolute atomic E-state index is 0.373. The Morgan fingerprint density at radius 3 is 2.65 bits per heavy atom. The summed E-state index contributed by atoms with van der Waals surface area (Å²) in [6.07, 6.45) is 0.776. The van der Waals surface area contributed by atoms with Crippen LogP contribution in [-0.4, -0.2) is 29.6 Å². The minimum Gasteiger partial charge on any atom is -0.493 e. The third kappa shape index (κ3) is 2.92. The van der Waals surface area contributed by atoms with E-state index in [4.69, 9.17) is 4.74 Å². The summed E-state index contributed by atoms with van der Waals surface area (Å²) in [7, 11) is 0. The highest BCUT2D eigenvalue weighted by atomic mass is 16.5. The summed E-state index contributed by atoms with van der Waals surface area (Å²) in [5.74, 6) is -0.607. The Kier molecular flexibility index (Phi) is 3.70. The first-order chi connectivity index (χ1) is 9.29. The number of carbonyl (C=O) groups is 2. The van der Waals surface area contributed by atoms with Crippen molar-refractivity contribution in [1.29, 1.82) is 0 Å². The Hall–Kier alpha value is -2.04. The van der Waals surface area contributed by atoms with Crippen molar-refractivity contribution >= 4 is 11.9 Å². The van der Waals surface area contributed by atoms with Crippen LogP contribution in [0.5, 0.6) is 5.75 Å². The van der Waals surface area contributed by atoms with Crippen LogP contribution in [0.4, 0.5) is 0 Å². The average Bonchev–Trinajstić information content (AvgIpc) is 2.80. The molecule has 0 saturated heterocycles. The molecule has 0 fully saturated rings. The third-order valence-corrected chi connectivity index (χ3v) is 3.34. The first-order valence-corrected chi connectivity index (χ1v) is 6.58. The number of amides is 1. The number of rotatable bonds is 3. The van der Waals surface area contributed by atoms with Gasteiger partial charge >= 0.3 is 5.97 Å². The lowest BCUT2D eigenvalue weighted by Gasteiger charge is -2.27. The van der Waals surface area contributed by atoms with Crippen molar-refractivity contribution in [3.05, 3.63) is 29.3 Å². The van der Waals surface area contributed by atoms with Gasteiger partial charge in [-0.1, -0.05) is 20.8 Å². The van der Waals surface area contributed by atoms with Crippen LogP contribution in [-0.2, 0) is 11.2 Å². The molecule has 1 aromatic carbocycles. The molecule has 5 nitrogen and oxygen atoms in total. The van der Waals surface area contributed by atoms with Gasteiger partial charge in [-0.25, -0.2) is 4.79 Å². The van der Waals surface area contributed by atoms with Gasteiger partial charge in [0.1, 0.15) is 11.8 Å². The first-order valence-electron chi connectivity index (χ1n) is 6.58. The Morgan fingerprint density at radius 1 is 1.35 bits per heavy atom. The molecular formula is C15H19NO4. The SMILES string of the molecule is CC(C)(C)[C@@H](NC(=O)c1ccc2c(c1)CCO2)C(=O)O. The number of nitrogens with one attached hydrogen (secondary N) is 1. The van der Waals surface area contributed by atoms with Gasteiger partial charge in [-0.15, -0.1) is 0 Å². The lowest BCUT2D eigenvalue weighted by molar-refractivity contribution is -0.142. The molecule has 1 atom stereocenters. The van der Waals surface area contributed by atoms with Crippen molar-refractivity contribution in [2.75, 3.05) is 6.61 Å². The summed E-state index contributed by atoms with van der Waals surface area (Å²) in [6.45, 7) is 5.97. The largest absolute Gasteiger partial charge is 0.493 e. The fourth-order valence-electron chi connectivity index (χ4n) is 2.19. The molecule has 2 rings (SSSR count). The number of aliphatic carboxylic acids is 1. The van der Waals surface area contributed by atoms with Crippen LogP contribution in [0.3, 0.4) is 0 Å². The molecule has 1 heterocycles. The first kappa shape index (κ1) is 14.4. The van der Waals surface area contributed by atoms with Gasteiger partial charge in [0.25, 0.3) is 5.91 Å². The Labute approximate surface area is 117 Å². The van der Waals surface area contributed by atoms with Gasteiger partial charge < -0.3 is 15.2 Å². The highest BCUT2D eigenvalue weighted by Crippen LogP contribution is 2.26. The van der Waals surface area contributed by atoms with Gasteiger partial charge in [0.2, 0.25) is 0 Å². The van der Waals surface area contributed by atoms with Crippen molar-refractivity contribution in [2.45, 2.75) is 33.2 Å². The van der Waals surface area contributed by atoms with Crippen molar-refractivity contribution in [3.8, 4) is 5.75 Å². The summed E-state index contributed by atoms with van der Waals surface area (Å²) in [4.78, 5) is 23.5. The molecule has 0 spiro atoms. The van der Waals surface area contributed by atoms with Crippen LogP contribution >= 0.6 is 0 Å². The van der Waals surface area contributed by atoms with E-state index in [1.54, 1.807) is 39.0 Å². The summed E-state index contributed by atoms with van der Waals surface area (Å²) in [5, 5.41) is 11.8. The molecule has 5 heteroatoms. The van der Waals surface area contributed by atoms with Crippen LogP contribution in [0.2, 0.25) is 0 Å². The zero-order chi connectivity index (χ0) is 14.9. The van der Waals surface area contributed by atoms with Gasteiger partial charge in [-0.2, -0.15) is 0 Å². The van der Waals surface area contributed by atoms with Crippen molar-refractivity contribution in [2.24, 2.45) is 5.41 Å². The third-order valence-electron chi connectivity index (χ3n) is 3.34. The van der Waals surface area contributed by atoms with Crippen molar-refractivity contribution in [1.82, 2.24) is 5.32 Å². The molecule has 0 aliphatic carbocycles. The number of fused-ring (bicyclic) bond motifs is 1. The van der Waals surface area contributed by atoms with Crippen molar-refractivity contribution in [3.63, 3.8) is 0 Å². The van der Waals surface area contributed by atoms with Crippen LogP contribution in [0.25, 0.3) is 0 Å². The number of carbonyl (C=O) groups excluding carboxylic acids is 1. The Morgan fingerprint density at radius 2 is 2.05 bits per heavy atom. The fourth-order valence-corrected chi connectivity index (χ4v) is 2.19. The lowest BCUT2D eigenvalue weighted by Crippen LogP contribution is -2.49. The molecule has 0 radical (unpaired) electrons. The maximum absolute atomic E-state index is 12.2. The summed E-state index contributed by atoms with van der Waals surface area (Å²) in [6, 6.07) is 4.24. The summed E-state index contributed by atoms with van der Waals surface area (Å²) in [5.41, 5.74) is 0.895. The molecule has 108 valence electrons. The quantitative estimate of drug-likeness (QED) is 0.884. The van der Waals surface area contributed by atoms with E-state index in [1.165, 1.54) is 0 Å². The molecule has 0 saturated carbocycles. The molecule has 0 unspecified atom stereocenters. The smallest absolute Gasteiger partial charge is 0.326 e. The summed E-state index contributed by atoms with van der Waals surface area (Å²) < 4.78 is 5.38. The van der Waals surface area contributed by atoms with Gasteiger partial charge in [-0.3, -0.25) is 4.79 Å². The zero-order valence-corrected chi connectivity index (χ0v) is 11.9. The molecule has 1 aliphatic heterocycles. The highest BCUT2D eigenvalue weighted by molar-refractivity contribution is 5.97. The second-order valence-corrected chi connectivity index (χ2v) is 6.03. The van der Waals surface area contributed by atoms with Gasteiger partial charge in [0.15, 0.2) is 0 Å². The zero-order valence-electron chi connectivity index (χ0n) is 11.9. The van der Waals surface area contributed by atoms with E-state index in [0.717, 1.165) is 17.7 Å². The van der Waals surface area contributed by atoms with Crippen LogP contribution in [0, 0.1) is 5.41 Å². The molecule has 20 heavy (non-hydrogen) atoms. The normalized spacial score (nSPS) is 15.2. The maximum Gasteiger partial charge on any atom is 0.326 e. The predicted octanol–water partition coefficient (Wildman–Crippen LogP) is 1.85. The monoisotopic (exact) mass is 277 g/mol. The molecule has 1 aliphatic rings. The molecule has 2 N–H and O–H groups in total. The number of ether oxygens (including phenoxy) is 1. The standard InChI is InChI=1S/C15H19NO4/c1-15(2,3)12(14(18)19)16-13(17)10-4-5-11-9(8-10)6-7-20-11/h4-5,8,12H,6-7H2,1-3H3,(H,16,17)(H,18,19)/t12-/m0/s1. The molecule has 0 aromatic heterocycles. The van der Waals surface area contributed by atoms with E-state index < -0.39 is 17.4 Å². The lowest BCUT2D eigenvalue weighted by atomic mass is 9.86. The topological polar surface area (TPSA) is 75.6 Å². The number of carboxylic acid groups (broad SMARTS) is 1. The van der Waals surface area contributed by atoms with E-state index in [1.807, 2.05) is 0 Å². The second kappa shape index (κ2) is 5.15. The predicted molar refractivity (Wildman–Crippen MR) is 74.0 cm³/mol. The molecule has 1 aromatic rings. The number of hydrogen-bond acceptors (Lipinski definition) is 3. The average molecular weight is 277 g/mol. The second-order valence-electron chi connectivity index (χ2n) is 6.03. The van der Waals surface area contributed by atoms with Gasteiger partial charge in [0, 0.05) is 12.0 Å². The van der Waals surface area contributed by atoms with Crippen LogP contribution in [0.1, 0.15) is 36.7 Å². The van der Waals surface area contributed by atoms with E-state index >= 15 is 0 Å². The van der Waals surface area contributed by atoms with Crippen LogP contribution in [0.15, 0.2) is 18.2 Å².